The van der Waals surface area contributed by atoms with Crippen LogP contribution in [0.2, 0.25) is 0 Å². The van der Waals surface area contributed by atoms with E-state index in [0.29, 0.717) is 18.0 Å². The van der Waals surface area contributed by atoms with Gasteiger partial charge in [0.25, 0.3) is 0 Å². The fourth-order valence-corrected chi connectivity index (χ4v) is 2.25. The molecule has 2 unspecified atom stereocenters. The van der Waals surface area contributed by atoms with Crippen LogP contribution in [0.4, 0.5) is 0 Å². The van der Waals surface area contributed by atoms with E-state index in [1.165, 1.54) is 13.0 Å². The van der Waals surface area contributed by atoms with E-state index < -0.39 is 0 Å². The molecule has 0 spiro atoms. The summed E-state index contributed by atoms with van der Waals surface area (Å²) in [6.45, 7) is 11.0. The smallest absolute Gasteiger partial charge is 0.0623 e. The number of hydrogen-bond donors (Lipinski definition) is 1. The molecule has 1 heterocycles. The fraction of sp³-hybridized carbons (Fsp3) is 1.00. The van der Waals surface area contributed by atoms with Crippen LogP contribution in [0.3, 0.4) is 0 Å². The first-order valence-electron chi connectivity index (χ1n) is 6.18. The third-order valence-electron chi connectivity index (χ3n) is 3.28. The van der Waals surface area contributed by atoms with Gasteiger partial charge in [0, 0.05) is 24.5 Å². The van der Waals surface area contributed by atoms with Crippen LogP contribution >= 0.6 is 0 Å². The fourth-order valence-electron chi connectivity index (χ4n) is 2.25. The van der Waals surface area contributed by atoms with Crippen LogP contribution in [0.25, 0.3) is 0 Å². The van der Waals surface area contributed by atoms with Crippen LogP contribution in [0.15, 0.2) is 0 Å². The van der Waals surface area contributed by atoms with Crippen LogP contribution in [0, 0.1) is 5.92 Å². The van der Waals surface area contributed by atoms with Gasteiger partial charge >= 0.3 is 0 Å². The lowest BCUT2D eigenvalue weighted by Crippen LogP contribution is -2.43. The van der Waals surface area contributed by atoms with Gasteiger partial charge in [-0.25, -0.2) is 0 Å². The summed E-state index contributed by atoms with van der Waals surface area (Å²) in [6.07, 6.45) is 1.23. The molecule has 1 saturated heterocycles. The van der Waals surface area contributed by atoms with Crippen molar-refractivity contribution in [2.75, 3.05) is 33.4 Å². The molecule has 0 aromatic heterocycles. The predicted octanol–water partition coefficient (Wildman–Crippen LogP) is 1.34. The van der Waals surface area contributed by atoms with Crippen molar-refractivity contribution in [1.82, 2.24) is 10.2 Å². The Bertz CT molecular complexity index is 173. The molecule has 0 amide bonds. The zero-order valence-electron chi connectivity index (χ0n) is 10.6. The first-order valence-corrected chi connectivity index (χ1v) is 6.18. The van der Waals surface area contributed by atoms with Gasteiger partial charge in [0.05, 0.1) is 13.2 Å². The summed E-state index contributed by atoms with van der Waals surface area (Å²) in [5.74, 6) is 0.656. The lowest BCUT2D eigenvalue weighted by atomic mass is 10.0. The van der Waals surface area contributed by atoms with E-state index in [4.69, 9.17) is 4.74 Å². The monoisotopic (exact) mass is 214 g/mol. The minimum atomic E-state index is 0.545. The van der Waals surface area contributed by atoms with Crippen molar-refractivity contribution >= 4 is 0 Å². The lowest BCUT2D eigenvalue weighted by Gasteiger charge is -2.30. The van der Waals surface area contributed by atoms with Crippen molar-refractivity contribution in [1.29, 1.82) is 0 Å². The van der Waals surface area contributed by atoms with Gasteiger partial charge < -0.3 is 15.0 Å². The van der Waals surface area contributed by atoms with Crippen LogP contribution < -0.4 is 5.32 Å². The maximum atomic E-state index is 5.53. The lowest BCUT2D eigenvalue weighted by molar-refractivity contribution is 0.152. The number of rotatable bonds is 6. The highest BCUT2D eigenvalue weighted by atomic mass is 16.5. The Balaban J connectivity index is 2.42. The summed E-state index contributed by atoms with van der Waals surface area (Å²) in [6, 6.07) is 1.19. The first-order chi connectivity index (χ1) is 7.19. The molecule has 2 atom stereocenters. The molecule has 1 aliphatic rings. The average molecular weight is 214 g/mol. The molecule has 0 aromatic rings. The molecule has 90 valence electrons. The highest BCUT2D eigenvalue weighted by Crippen LogP contribution is 2.16. The van der Waals surface area contributed by atoms with Crippen molar-refractivity contribution in [3.8, 4) is 0 Å². The molecule has 0 aromatic carbocycles. The van der Waals surface area contributed by atoms with Crippen LogP contribution in [0.1, 0.15) is 27.2 Å². The SMILES string of the molecule is CCCN(CC1COCC1NC)C(C)C. The molecule has 15 heavy (non-hydrogen) atoms. The summed E-state index contributed by atoms with van der Waals surface area (Å²) in [5, 5.41) is 3.35. The van der Waals surface area contributed by atoms with Crippen molar-refractivity contribution in [2.24, 2.45) is 5.92 Å². The van der Waals surface area contributed by atoms with Crippen molar-refractivity contribution in [2.45, 2.75) is 39.3 Å². The molecular formula is C12H26N2O. The summed E-state index contributed by atoms with van der Waals surface area (Å²) in [7, 11) is 2.03. The Morgan fingerprint density at radius 1 is 1.40 bits per heavy atom. The van der Waals surface area contributed by atoms with Gasteiger partial charge in [-0.2, -0.15) is 0 Å². The zero-order valence-corrected chi connectivity index (χ0v) is 10.6. The van der Waals surface area contributed by atoms with Gasteiger partial charge in [0.1, 0.15) is 0 Å². The summed E-state index contributed by atoms with van der Waals surface area (Å²) >= 11 is 0. The zero-order chi connectivity index (χ0) is 11.3. The Labute approximate surface area is 94.2 Å². The number of nitrogens with zero attached hydrogens (tertiary/aromatic N) is 1. The van der Waals surface area contributed by atoms with Crippen LogP contribution in [0.5, 0.6) is 0 Å². The molecule has 3 nitrogen and oxygen atoms in total. The second-order valence-electron chi connectivity index (χ2n) is 4.78. The van der Waals surface area contributed by atoms with Gasteiger partial charge in [0.2, 0.25) is 0 Å². The minimum Gasteiger partial charge on any atom is -0.379 e. The van der Waals surface area contributed by atoms with Gasteiger partial charge in [-0.05, 0) is 33.9 Å². The largest absolute Gasteiger partial charge is 0.379 e. The Kier molecular flexibility index (Phi) is 5.58. The molecule has 1 aliphatic heterocycles. The number of ether oxygens (including phenoxy) is 1. The van der Waals surface area contributed by atoms with Gasteiger partial charge in [-0.1, -0.05) is 6.92 Å². The molecule has 1 rings (SSSR count). The van der Waals surface area contributed by atoms with E-state index in [9.17, 15) is 0 Å². The van der Waals surface area contributed by atoms with E-state index in [1.807, 2.05) is 7.05 Å². The van der Waals surface area contributed by atoms with E-state index >= 15 is 0 Å². The second-order valence-corrected chi connectivity index (χ2v) is 4.78. The van der Waals surface area contributed by atoms with Gasteiger partial charge in [-0.3, -0.25) is 0 Å². The summed E-state index contributed by atoms with van der Waals surface area (Å²) < 4.78 is 5.53. The van der Waals surface area contributed by atoms with E-state index in [2.05, 4.69) is 31.0 Å². The van der Waals surface area contributed by atoms with Gasteiger partial charge in [0.15, 0.2) is 0 Å². The summed E-state index contributed by atoms with van der Waals surface area (Å²) in [4.78, 5) is 2.56. The quantitative estimate of drug-likeness (QED) is 0.722. The standard InChI is InChI=1S/C12H26N2O/c1-5-6-14(10(2)3)7-11-8-15-9-12(11)13-4/h10-13H,5-9H2,1-4H3. The number of hydrogen-bond acceptors (Lipinski definition) is 3. The van der Waals surface area contributed by atoms with Crippen LogP contribution in [-0.4, -0.2) is 50.3 Å². The maximum absolute atomic E-state index is 5.53. The summed E-state index contributed by atoms with van der Waals surface area (Å²) in [5.41, 5.74) is 0. The Hall–Kier alpha value is -0.120. The van der Waals surface area contributed by atoms with E-state index in [1.54, 1.807) is 0 Å². The van der Waals surface area contributed by atoms with E-state index in [0.717, 1.165) is 19.8 Å². The highest BCUT2D eigenvalue weighted by Gasteiger charge is 2.28. The maximum Gasteiger partial charge on any atom is 0.0623 e. The Morgan fingerprint density at radius 2 is 2.13 bits per heavy atom. The van der Waals surface area contributed by atoms with Crippen molar-refractivity contribution in [3.05, 3.63) is 0 Å². The average Bonchev–Trinajstić information content (AvgIpc) is 2.64. The topological polar surface area (TPSA) is 24.5 Å². The number of likely N-dealkylation sites (N-methyl/N-ethyl adjacent to an activating group) is 1. The molecule has 3 heteroatoms. The normalized spacial score (nSPS) is 26.8. The van der Waals surface area contributed by atoms with Crippen molar-refractivity contribution < 1.29 is 4.74 Å². The number of nitrogens with one attached hydrogen (secondary N) is 1. The predicted molar refractivity (Wildman–Crippen MR) is 64.2 cm³/mol. The molecule has 0 bridgehead atoms. The molecule has 1 N–H and O–H groups in total. The van der Waals surface area contributed by atoms with Gasteiger partial charge in [-0.15, -0.1) is 0 Å². The molecule has 0 aliphatic carbocycles. The highest BCUT2D eigenvalue weighted by molar-refractivity contribution is 4.83. The first kappa shape index (κ1) is 12.9. The molecular weight excluding hydrogens is 188 g/mol. The minimum absolute atomic E-state index is 0.545. The third kappa shape index (κ3) is 3.74. The molecule has 0 saturated carbocycles. The van der Waals surface area contributed by atoms with E-state index in [-0.39, 0.29) is 0 Å². The second kappa shape index (κ2) is 6.46. The third-order valence-corrected chi connectivity index (χ3v) is 3.28. The molecule has 1 fully saturated rings. The Morgan fingerprint density at radius 3 is 2.67 bits per heavy atom. The van der Waals surface area contributed by atoms with Crippen molar-refractivity contribution in [3.63, 3.8) is 0 Å². The molecule has 0 radical (unpaired) electrons. The van der Waals surface area contributed by atoms with Crippen LogP contribution in [-0.2, 0) is 4.74 Å².